The van der Waals surface area contributed by atoms with Gasteiger partial charge in [-0.25, -0.2) is 14.8 Å². The maximum atomic E-state index is 13.1. The number of hydrogen-bond acceptors (Lipinski definition) is 10. The first-order valence-corrected chi connectivity index (χ1v) is 16.6. The molecule has 0 bridgehead atoms. The molecule has 1 aliphatic heterocycles. The van der Waals surface area contributed by atoms with Crippen LogP contribution in [0.15, 0.2) is 64.4 Å². The number of fused-ring (bicyclic) bond motifs is 1. The molecule has 0 radical (unpaired) electrons. The number of hydrogen-bond donors (Lipinski definition) is 1. The van der Waals surface area contributed by atoms with Crippen LogP contribution in [-0.2, 0) is 30.2 Å². The highest BCUT2D eigenvalue weighted by Crippen LogP contribution is 2.42. The van der Waals surface area contributed by atoms with E-state index in [4.69, 9.17) is 42.6 Å². The second-order valence-electron chi connectivity index (χ2n) is 11.7. The van der Waals surface area contributed by atoms with Gasteiger partial charge in [-0.05, 0) is 45.0 Å². The Kier molecular flexibility index (Phi) is 10.00. The highest BCUT2D eigenvalue weighted by Gasteiger charge is 2.27. The molecule has 0 amide bonds. The maximum absolute atomic E-state index is 13.1. The van der Waals surface area contributed by atoms with Crippen LogP contribution in [0.4, 0.5) is 11.5 Å². The van der Waals surface area contributed by atoms with E-state index in [9.17, 15) is 14.4 Å². The predicted octanol–water partition coefficient (Wildman–Crippen LogP) is 5.59. The van der Waals surface area contributed by atoms with E-state index < -0.39 is 11.2 Å². The lowest BCUT2D eigenvalue weighted by atomic mass is 9.97. The van der Waals surface area contributed by atoms with Crippen LogP contribution in [0.1, 0.15) is 25.5 Å². The SMILES string of the molecule is CCOC(=O)C1CCN(Cc2ncc(-c3cccc(-c4cccc(Nc5nccc6c5c(=O)n(C)c(=O)n6C)c4Cl)c3Cl)nc2OC)CC1. The first-order valence-electron chi connectivity index (χ1n) is 15.8. The van der Waals surface area contributed by atoms with E-state index in [1.165, 1.54) is 17.8 Å². The van der Waals surface area contributed by atoms with Gasteiger partial charge >= 0.3 is 11.7 Å². The Morgan fingerprint density at radius 3 is 2.37 bits per heavy atom. The minimum Gasteiger partial charge on any atom is -0.480 e. The minimum absolute atomic E-state index is 0.0774. The zero-order valence-electron chi connectivity index (χ0n) is 27.5. The van der Waals surface area contributed by atoms with Gasteiger partial charge in [0.2, 0.25) is 5.88 Å². The molecule has 5 aromatic rings. The van der Waals surface area contributed by atoms with Crippen molar-refractivity contribution in [2.24, 2.45) is 20.0 Å². The Labute approximate surface area is 292 Å². The molecule has 4 heterocycles. The monoisotopic (exact) mass is 703 g/mol. The second-order valence-corrected chi connectivity index (χ2v) is 12.5. The summed E-state index contributed by atoms with van der Waals surface area (Å²) < 4.78 is 13.3. The van der Waals surface area contributed by atoms with Crippen molar-refractivity contribution in [2.75, 3.05) is 32.1 Å². The number of halogens is 2. The number of aryl methyl sites for hydroxylation is 1. The van der Waals surface area contributed by atoms with Crippen molar-refractivity contribution in [1.29, 1.82) is 0 Å². The third-order valence-corrected chi connectivity index (χ3v) is 9.60. The van der Waals surface area contributed by atoms with Gasteiger partial charge in [-0.3, -0.25) is 28.6 Å². The van der Waals surface area contributed by atoms with Crippen molar-refractivity contribution in [2.45, 2.75) is 26.3 Å². The van der Waals surface area contributed by atoms with E-state index in [1.54, 1.807) is 32.5 Å². The molecule has 3 aromatic heterocycles. The molecular weight excluding hydrogens is 669 g/mol. The molecule has 0 saturated carbocycles. The lowest BCUT2D eigenvalue weighted by Crippen LogP contribution is -2.37. The minimum atomic E-state index is -0.474. The molecule has 1 aliphatic rings. The topological polar surface area (TPSA) is 133 Å². The van der Waals surface area contributed by atoms with Crippen molar-refractivity contribution in [3.05, 3.63) is 91.4 Å². The fourth-order valence-corrected chi connectivity index (χ4v) is 6.72. The average Bonchev–Trinajstić information content (AvgIpc) is 3.11. The van der Waals surface area contributed by atoms with E-state index in [0.717, 1.165) is 30.5 Å². The number of methoxy groups -OCH3 is 1. The first-order chi connectivity index (χ1) is 23.6. The fraction of sp³-hybridized carbons (Fsp3) is 0.314. The number of rotatable bonds is 9. The van der Waals surface area contributed by atoms with Crippen molar-refractivity contribution in [3.63, 3.8) is 0 Å². The number of aromatic nitrogens is 5. The van der Waals surface area contributed by atoms with Crippen LogP contribution >= 0.6 is 23.2 Å². The molecule has 0 atom stereocenters. The Balaban J connectivity index is 1.27. The van der Waals surface area contributed by atoms with E-state index in [0.29, 0.717) is 68.4 Å². The summed E-state index contributed by atoms with van der Waals surface area (Å²) in [7, 11) is 4.58. The van der Waals surface area contributed by atoms with Crippen LogP contribution in [0.25, 0.3) is 33.3 Å². The van der Waals surface area contributed by atoms with Gasteiger partial charge in [0.25, 0.3) is 5.56 Å². The number of anilines is 2. The number of likely N-dealkylation sites (tertiary alicyclic amines) is 1. The normalized spacial score (nSPS) is 13.8. The number of piperidine rings is 1. The van der Waals surface area contributed by atoms with E-state index in [2.05, 4.69) is 15.2 Å². The number of carbonyl (C=O) groups excluding carboxylic acids is 1. The summed E-state index contributed by atoms with van der Waals surface area (Å²) in [5.41, 5.74) is 3.18. The predicted molar refractivity (Wildman–Crippen MR) is 190 cm³/mol. The number of esters is 1. The molecule has 254 valence electrons. The number of benzene rings is 2. The molecule has 12 nitrogen and oxygen atoms in total. The van der Waals surface area contributed by atoms with Gasteiger partial charge in [-0.15, -0.1) is 0 Å². The Morgan fingerprint density at radius 2 is 1.65 bits per heavy atom. The summed E-state index contributed by atoms with van der Waals surface area (Å²) in [4.78, 5) is 53.8. The van der Waals surface area contributed by atoms with Crippen LogP contribution in [-0.4, -0.2) is 61.8 Å². The zero-order valence-corrected chi connectivity index (χ0v) is 29.0. The lowest BCUT2D eigenvalue weighted by molar-refractivity contribution is -0.149. The molecule has 1 saturated heterocycles. The summed E-state index contributed by atoms with van der Waals surface area (Å²) in [5.74, 6) is 0.446. The van der Waals surface area contributed by atoms with E-state index >= 15 is 0 Å². The largest absolute Gasteiger partial charge is 0.480 e. The van der Waals surface area contributed by atoms with E-state index in [1.807, 2.05) is 37.3 Å². The number of ether oxygens (including phenoxy) is 2. The summed E-state index contributed by atoms with van der Waals surface area (Å²) in [6.45, 7) is 4.22. The summed E-state index contributed by atoms with van der Waals surface area (Å²) in [6, 6.07) is 12.6. The van der Waals surface area contributed by atoms with Gasteiger partial charge in [-0.2, -0.15) is 0 Å². The standard InChI is InChI=1S/C35H35Cl2N7O5/c1-5-49-34(46)20-13-16-44(17-14-20)19-26-32(48-4)41-25(18-39-26)23-10-6-8-21(29(23)36)22-9-7-11-24(30(22)37)40-31-28-27(12-15-38-31)42(2)35(47)43(3)33(28)45/h6-12,15,18,20H,5,13-14,16-17,19H2,1-4H3,(H,38,40). The molecule has 0 aliphatic carbocycles. The van der Waals surface area contributed by atoms with Gasteiger partial charge < -0.3 is 14.8 Å². The van der Waals surface area contributed by atoms with Gasteiger partial charge in [0, 0.05) is 43.5 Å². The Hall–Kier alpha value is -4.78. The quantitative estimate of drug-likeness (QED) is 0.194. The van der Waals surface area contributed by atoms with Crippen LogP contribution in [0.2, 0.25) is 10.0 Å². The lowest BCUT2D eigenvalue weighted by Gasteiger charge is -2.30. The van der Waals surface area contributed by atoms with E-state index in [-0.39, 0.29) is 23.1 Å². The fourth-order valence-electron chi connectivity index (χ4n) is 6.12. The molecule has 0 unspecified atom stereocenters. The molecular formula is C35H35Cl2N7O5. The van der Waals surface area contributed by atoms with Crippen LogP contribution in [0, 0.1) is 5.92 Å². The van der Waals surface area contributed by atoms with Crippen molar-refractivity contribution in [3.8, 4) is 28.3 Å². The van der Waals surface area contributed by atoms with Crippen molar-refractivity contribution >= 4 is 51.6 Å². The summed E-state index contributed by atoms with van der Waals surface area (Å²) >= 11 is 14.0. The van der Waals surface area contributed by atoms with Crippen molar-refractivity contribution < 1.29 is 14.3 Å². The highest BCUT2D eigenvalue weighted by atomic mass is 35.5. The van der Waals surface area contributed by atoms with Crippen LogP contribution < -0.4 is 21.3 Å². The number of carbonyl (C=O) groups is 1. The summed E-state index contributed by atoms with van der Waals surface area (Å²) in [6.07, 6.45) is 4.66. The molecule has 1 N–H and O–H groups in total. The first kappa shape index (κ1) is 34.1. The molecule has 0 spiro atoms. The van der Waals surface area contributed by atoms with Crippen LogP contribution in [0.3, 0.4) is 0 Å². The Morgan fingerprint density at radius 1 is 0.959 bits per heavy atom. The molecule has 6 rings (SSSR count). The van der Waals surface area contributed by atoms with Crippen molar-refractivity contribution in [1.82, 2.24) is 29.0 Å². The van der Waals surface area contributed by atoms with Gasteiger partial charge in [0.15, 0.2) is 0 Å². The number of pyridine rings is 1. The Bertz CT molecular complexity index is 2180. The average molecular weight is 705 g/mol. The molecule has 14 heteroatoms. The third-order valence-electron chi connectivity index (χ3n) is 8.79. The highest BCUT2D eigenvalue weighted by molar-refractivity contribution is 6.39. The number of nitrogens with zero attached hydrogens (tertiary/aromatic N) is 6. The third kappa shape index (κ3) is 6.63. The molecule has 1 fully saturated rings. The summed E-state index contributed by atoms with van der Waals surface area (Å²) in [5, 5.41) is 4.22. The van der Waals surface area contributed by atoms with Gasteiger partial charge in [0.05, 0.1) is 52.8 Å². The van der Waals surface area contributed by atoms with Gasteiger partial charge in [-0.1, -0.05) is 53.5 Å². The maximum Gasteiger partial charge on any atom is 0.330 e. The van der Waals surface area contributed by atoms with Crippen LogP contribution in [0.5, 0.6) is 5.88 Å². The smallest absolute Gasteiger partial charge is 0.330 e. The zero-order chi connectivity index (χ0) is 34.8. The number of nitrogens with one attached hydrogen (secondary N) is 1. The molecule has 49 heavy (non-hydrogen) atoms. The second kappa shape index (κ2) is 14.4. The van der Waals surface area contributed by atoms with Gasteiger partial charge in [0.1, 0.15) is 16.9 Å². The molecule has 2 aromatic carbocycles.